The SMILES string of the molecule is Cc1ccc([S@](=O)CC2=NC(c3ccccc3)(c3ccccc3)CO2)cc1. The van der Waals surface area contributed by atoms with Gasteiger partial charge in [0.2, 0.25) is 0 Å². The lowest BCUT2D eigenvalue weighted by atomic mass is 9.84. The van der Waals surface area contributed by atoms with Crippen LogP contribution in [0.4, 0.5) is 0 Å². The molecule has 0 unspecified atom stereocenters. The predicted octanol–water partition coefficient (Wildman–Crippen LogP) is 4.48. The van der Waals surface area contributed by atoms with E-state index in [4.69, 9.17) is 9.73 Å². The van der Waals surface area contributed by atoms with E-state index in [2.05, 4.69) is 24.3 Å². The first-order valence-electron chi connectivity index (χ1n) is 8.95. The van der Waals surface area contributed by atoms with Crippen LogP contribution in [-0.4, -0.2) is 22.5 Å². The van der Waals surface area contributed by atoms with Gasteiger partial charge >= 0.3 is 0 Å². The molecule has 1 heterocycles. The van der Waals surface area contributed by atoms with Crippen LogP contribution in [0.25, 0.3) is 0 Å². The Morgan fingerprint density at radius 2 is 1.44 bits per heavy atom. The maximum absolute atomic E-state index is 12.7. The van der Waals surface area contributed by atoms with Crippen molar-refractivity contribution in [2.24, 2.45) is 4.99 Å². The van der Waals surface area contributed by atoms with Crippen molar-refractivity contribution in [1.82, 2.24) is 0 Å². The summed E-state index contributed by atoms with van der Waals surface area (Å²) in [5, 5.41) is 0. The molecule has 0 N–H and O–H groups in total. The van der Waals surface area contributed by atoms with Crippen LogP contribution in [0.5, 0.6) is 0 Å². The first-order valence-corrected chi connectivity index (χ1v) is 10.3. The Morgan fingerprint density at radius 1 is 0.889 bits per heavy atom. The van der Waals surface area contributed by atoms with E-state index in [9.17, 15) is 4.21 Å². The van der Waals surface area contributed by atoms with Gasteiger partial charge in [-0.05, 0) is 30.2 Å². The van der Waals surface area contributed by atoms with Gasteiger partial charge in [0.1, 0.15) is 17.9 Å². The molecule has 0 amide bonds. The topological polar surface area (TPSA) is 38.7 Å². The Hall–Kier alpha value is -2.72. The second-order valence-corrected chi connectivity index (χ2v) is 8.14. The fourth-order valence-electron chi connectivity index (χ4n) is 3.31. The molecule has 1 atom stereocenters. The molecule has 1 aliphatic heterocycles. The molecule has 0 spiro atoms. The Bertz CT molecular complexity index is 927. The van der Waals surface area contributed by atoms with Crippen LogP contribution in [0.3, 0.4) is 0 Å². The monoisotopic (exact) mass is 375 g/mol. The molecule has 4 rings (SSSR count). The number of ether oxygens (including phenoxy) is 1. The van der Waals surface area contributed by atoms with Crippen molar-refractivity contribution in [3.8, 4) is 0 Å². The van der Waals surface area contributed by atoms with Gasteiger partial charge in [0, 0.05) is 4.90 Å². The minimum Gasteiger partial charge on any atom is -0.477 e. The zero-order valence-electron chi connectivity index (χ0n) is 15.2. The van der Waals surface area contributed by atoms with Gasteiger partial charge in [-0.15, -0.1) is 0 Å². The highest BCUT2D eigenvalue weighted by Gasteiger charge is 2.40. The maximum Gasteiger partial charge on any atom is 0.198 e. The van der Waals surface area contributed by atoms with Gasteiger partial charge in [0.05, 0.1) is 10.8 Å². The van der Waals surface area contributed by atoms with Crippen LogP contribution < -0.4 is 0 Å². The summed E-state index contributed by atoms with van der Waals surface area (Å²) in [6, 6.07) is 28.1. The number of aryl methyl sites for hydroxylation is 1. The van der Waals surface area contributed by atoms with E-state index in [1.807, 2.05) is 67.6 Å². The summed E-state index contributed by atoms with van der Waals surface area (Å²) in [5.41, 5.74) is 2.71. The molecule has 3 nitrogen and oxygen atoms in total. The highest BCUT2D eigenvalue weighted by Crippen LogP contribution is 2.38. The van der Waals surface area contributed by atoms with Gasteiger partial charge in [0.15, 0.2) is 5.90 Å². The molecule has 27 heavy (non-hydrogen) atoms. The molecule has 136 valence electrons. The van der Waals surface area contributed by atoms with Crippen molar-refractivity contribution in [3.05, 3.63) is 102 Å². The van der Waals surface area contributed by atoms with Crippen LogP contribution in [0.15, 0.2) is 94.8 Å². The summed E-state index contributed by atoms with van der Waals surface area (Å²) in [6.45, 7) is 2.44. The molecule has 3 aromatic carbocycles. The molecule has 0 fully saturated rings. The Balaban J connectivity index is 1.67. The zero-order chi connectivity index (χ0) is 18.7. The lowest BCUT2D eigenvalue weighted by Gasteiger charge is -2.25. The van der Waals surface area contributed by atoms with Crippen molar-refractivity contribution in [3.63, 3.8) is 0 Å². The van der Waals surface area contributed by atoms with Crippen molar-refractivity contribution < 1.29 is 8.95 Å². The molecule has 0 aliphatic carbocycles. The third-order valence-electron chi connectivity index (χ3n) is 4.80. The second kappa shape index (κ2) is 7.49. The summed E-state index contributed by atoms with van der Waals surface area (Å²) >= 11 is 0. The average molecular weight is 375 g/mol. The van der Waals surface area contributed by atoms with Gasteiger partial charge in [-0.25, -0.2) is 4.99 Å². The molecule has 4 heteroatoms. The van der Waals surface area contributed by atoms with E-state index in [1.165, 1.54) is 0 Å². The highest BCUT2D eigenvalue weighted by molar-refractivity contribution is 7.85. The van der Waals surface area contributed by atoms with Crippen molar-refractivity contribution in [2.45, 2.75) is 17.4 Å². The number of hydrogen-bond donors (Lipinski definition) is 0. The zero-order valence-corrected chi connectivity index (χ0v) is 16.0. The number of benzene rings is 3. The Morgan fingerprint density at radius 3 is 2.00 bits per heavy atom. The molecule has 0 radical (unpaired) electrons. The molecule has 1 aliphatic rings. The van der Waals surface area contributed by atoms with Crippen LogP contribution in [-0.2, 0) is 21.1 Å². The van der Waals surface area contributed by atoms with Gasteiger partial charge in [-0.1, -0.05) is 78.4 Å². The summed E-state index contributed by atoms with van der Waals surface area (Å²) in [4.78, 5) is 5.74. The van der Waals surface area contributed by atoms with E-state index in [0.717, 1.165) is 21.6 Å². The summed E-state index contributed by atoms with van der Waals surface area (Å²) in [5.74, 6) is 0.825. The standard InChI is InChI=1S/C23H21NO2S/c1-18-12-14-21(15-13-18)27(25)16-22-24-23(17-26-22,19-8-4-2-5-9-19)20-10-6-3-7-11-20/h2-15H,16-17H2,1H3/t27-/m1/s1. The minimum atomic E-state index is -1.18. The maximum atomic E-state index is 12.7. The highest BCUT2D eigenvalue weighted by atomic mass is 32.2. The fourth-order valence-corrected chi connectivity index (χ4v) is 4.29. The van der Waals surface area contributed by atoms with Gasteiger partial charge in [-0.3, -0.25) is 4.21 Å². The number of hydrogen-bond acceptors (Lipinski definition) is 3. The van der Waals surface area contributed by atoms with Crippen molar-refractivity contribution >= 4 is 16.7 Å². The van der Waals surface area contributed by atoms with Gasteiger partial charge in [0.25, 0.3) is 0 Å². The third-order valence-corrected chi connectivity index (χ3v) is 6.11. The summed E-state index contributed by atoms with van der Waals surface area (Å²) < 4.78 is 18.7. The smallest absolute Gasteiger partial charge is 0.198 e. The number of rotatable bonds is 5. The number of nitrogens with zero attached hydrogens (tertiary/aromatic N) is 1. The Kier molecular flexibility index (Phi) is 4.90. The predicted molar refractivity (Wildman–Crippen MR) is 110 cm³/mol. The first-order chi connectivity index (χ1) is 13.2. The van der Waals surface area contributed by atoms with Crippen LogP contribution in [0.2, 0.25) is 0 Å². The quantitative estimate of drug-likeness (QED) is 0.660. The Labute approximate surface area is 162 Å². The van der Waals surface area contributed by atoms with Crippen molar-refractivity contribution in [1.29, 1.82) is 0 Å². The molecule has 0 saturated heterocycles. The molecule has 3 aromatic rings. The normalized spacial score (nSPS) is 16.4. The van der Waals surface area contributed by atoms with E-state index >= 15 is 0 Å². The second-order valence-electron chi connectivity index (χ2n) is 6.69. The summed E-state index contributed by atoms with van der Waals surface area (Å²) in [7, 11) is -1.18. The van der Waals surface area contributed by atoms with E-state index < -0.39 is 16.3 Å². The number of aliphatic imine (C=N–C) groups is 1. The third kappa shape index (κ3) is 3.58. The molecular formula is C23H21NO2S. The fraction of sp³-hybridized carbons (Fsp3) is 0.174. The average Bonchev–Trinajstić information content (AvgIpc) is 3.15. The molecular weight excluding hydrogens is 354 g/mol. The van der Waals surface area contributed by atoms with Gasteiger partial charge in [-0.2, -0.15) is 0 Å². The molecule has 0 saturated carbocycles. The van der Waals surface area contributed by atoms with Crippen LogP contribution >= 0.6 is 0 Å². The van der Waals surface area contributed by atoms with Crippen LogP contribution in [0.1, 0.15) is 16.7 Å². The molecule has 0 aromatic heterocycles. The minimum absolute atomic E-state index is 0.282. The van der Waals surface area contributed by atoms with Crippen molar-refractivity contribution in [2.75, 3.05) is 12.4 Å². The van der Waals surface area contributed by atoms with E-state index in [0.29, 0.717) is 12.5 Å². The molecule has 0 bridgehead atoms. The van der Waals surface area contributed by atoms with Crippen LogP contribution in [0, 0.1) is 6.92 Å². The van der Waals surface area contributed by atoms with E-state index in [-0.39, 0.29) is 5.75 Å². The van der Waals surface area contributed by atoms with E-state index in [1.54, 1.807) is 0 Å². The lowest BCUT2D eigenvalue weighted by Crippen LogP contribution is -2.26. The van der Waals surface area contributed by atoms with Gasteiger partial charge < -0.3 is 4.74 Å². The lowest BCUT2D eigenvalue weighted by molar-refractivity contribution is 0.280. The first kappa shape index (κ1) is 17.7. The summed E-state index contributed by atoms with van der Waals surface area (Å²) in [6.07, 6.45) is 0. The largest absolute Gasteiger partial charge is 0.477 e.